The van der Waals surface area contributed by atoms with Gasteiger partial charge >= 0.3 is 0 Å². The molecule has 156 valence electrons. The minimum Gasteiger partial charge on any atom is -0.494 e. The first kappa shape index (κ1) is 22.7. The van der Waals surface area contributed by atoms with Crippen LogP contribution in [0.15, 0.2) is 59.6 Å². The first-order valence-corrected chi connectivity index (χ1v) is 11.0. The number of rotatable bonds is 8. The Morgan fingerprint density at radius 2 is 1.77 bits per heavy atom. The van der Waals surface area contributed by atoms with Crippen molar-refractivity contribution < 1.29 is 14.2 Å². The molecule has 7 heteroatoms. The van der Waals surface area contributed by atoms with Crippen LogP contribution in [0.2, 0.25) is 10.0 Å². The van der Waals surface area contributed by atoms with E-state index in [2.05, 4.69) is 27.6 Å². The maximum Gasteiger partial charge on any atom is 0.174 e. The van der Waals surface area contributed by atoms with E-state index in [0.717, 1.165) is 26.1 Å². The average Bonchev–Trinajstić information content (AvgIpc) is 2.73. The minimum absolute atomic E-state index is 0.308. The third-order valence-corrected chi connectivity index (χ3v) is 5.54. The maximum atomic E-state index is 6.24. The monoisotopic (exact) mass is 555 g/mol. The van der Waals surface area contributed by atoms with E-state index >= 15 is 0 Å². The van der Waals surface area contributed by atoms with Gasteiger partial charge in [-0.2, -0.15) is 0 Å². The predicted molar refractivity (Wildman–Crippen MR) is 131 cm³/mol. The summed E-state index contributed by atoms with van der Waals surface area (Å²) in [7, 11) is 1.61. The summed E-state index contributed by atoms with van der Waals surface area (Å²) in [6.07, 6.45) is 1.79. The molecular formula is C23H20Cl2INO3. The summed E-state index contributed by atoms with van der Waals surface area (Å²) in [5, 5.41) is 1.16. The van der Waals surface area contributed by atoms with Crippen molar-refractivity contribution >= 4 is 57.7 Å². The summed E-state index contributed by atoms with van der Waals surface area (Å²) in [6, 6.07) is 16.8. The molecule has 0 spiro atoms. The predicted octanol–water partition coefficient (Wildman–Crippen LogP) is 7.33. The first-order chi connectivity index (χ1) is 14.5. The molecule has 0 radical (unpaired) electrons. The van der Waals surface area contributed by atoms with Gasteiger partial charge < -0.3 is 14.2 Å². The van der Waals surface area contributed by atoms with Crippen molar-refractivity contribution in [2.45, 2.75) is 13.5 Å². The summed E-state index contributed by atoms with van der Waals surface area (Å²) in [6.45, 7) is 2.90. The Hall–Kier alpha value is -1.96. The normalized spacial score (nSPS) is 11.0. The number of hydrogen-bond donors (Lipinski definition) is 0. The Kier molecular flexibility index (Phi) is 8.24. The molecule has 0 saturated heterocycles. The summed E-state index contributed by atoms with van der Waals surface area (Å²) in [4.78, 5) is 4.53. The summed E-state index contributed by atoms with van der Waals surface area (Å²) < 4.78 is 17.9. The topological polar surface area (TPSA) is 40.0 Å². The number of halogens is 3. The molecule has 0 heterocycles. The molecule has 0 amide bonds. The number of nitrogens with zero attached hydrogens (tertiary/aromatic N) is 1. The minimum atomic E-state index is 0.308. The highest BCUT2D eigenvalue weighted by molar-refractivity contribution is 14.1. The summed E-state index contributed by atoms with van der Waals surface area (Å²) in [5.41, 5.74) is 2.59. The smallest absolute Gasteiger partial charge is 0.174 e. The highest BCUT2D eigenvalue weighted by Gasteiger charge is 2.12. The molecule has 3 aromatic carbocycles. The SMILES string of the molecule is CCOc1ccc(N=Cc2cc(I)c(OCc3ccc(Cl)cc3Cl)c(OC)c2)cc1. The quantitative estimate of drug-likeness (QED) is 0.216. The Balaban J connectivity index is 1.76. The lowest BCUT2D eigenvalue weighted by Crippen LogP contribution is -2.01. The van der Waals surface area contributed by atoms with Crippen LogP contribution in [-0.2, 0) is 6.61 Å². The molecule has 0 aliphatic rings. The van der Waals surface area contributed by atoms with Crippen LogP contribution in [0.5, 0.6) is 17.2 Å². The number of ether oxygens (including phenoxy) is 3. The maximum absolute atomic E-state index is 6.24. The largest absolute Gasteiger partial charge is 0.494 e. The van der Waals surface area contributed by atoms with Gasteiger partial charge in [0.25, 0.3) is 0 Å². The molecule has 0 aliphatic carbocycles. The van der Waals surface area contributed by atoms with Gasteiger partial charge in [-0.3, -0.25) is 4.99 Å². The lowest BCUT2D eigenvalue weighted by atomic mass is 10.2. The Bertz CT molecular complexity index is 1040. The molecule has 0 atom stereocenters. The van der Waals surface area contributed by atoms with Crippen molar-refractivity contribution in [1.29, 1.82) is 0 Å². The molecule has 30 heavy (non-hydrogen) atoms. The number of methoxy groups -OCH3 is 1. The van der Waals surface area contributed by atoms with E-state index in [0.29, 0.717) is 34.8 Å². The third-order valence-electron chi connectivity index (χ3n) is 4.15. The van der Waals surface area contributed by atoms with Crippen LogP contribution in [-0.4, -0.2) is 19.9 Å². The molecule has 0 bridgehead atoms. The van der Waals surface area contributed by atoms with Gasteiger partial charge in [-0.25, -0.2) is 0 Å². The van der Waals surface area contributed by atoms with E-state index in [9.17, 15) is 0 Å². The average molecular weight is 556 g/mol. The van der Waals surface area contributed by atoms with Crippen molar-refractivity contribution in [1.82, 2.24) is 0 Å². The molecule has 0 aliphatic heterocycles. The van der Waals surface area contributed by atoms with Gasteiger partial charge in [0.15, 0.2) is 11.5 Å². The van der Waals surface area contributed by atoms with E-state index in [4.69, 9.17) is 37.4 Å². The molecule has 0 unspecified atom stereocenters. The molecule has 0 N–H and O–H groups in total. The molecule has 0 fully saturated rings. The first-order valence-electron chi connectivity index (χ1n) is 9.21. The second kappa shape index (κ2) is 10.9. The zero-order valence-corrected chi connectivity index (χ0v) is 20.2. The van der Waals surface area contributed by atoms with Crippen molar-refractivity contribution in [3.05, 3.63) is 79.3 Å². The lowest BCUT2D eigenvalue weighted by Gasteiger charge is -2.14. The fourth-order valence-corrected chi connectivity index (χ4v) is 3.93. The van der Waals surface area contributed by atoms with Crippen molar-refractivity contribution in [3.63, 3.8) is 0 Å². The molecular weight excluding hydrogens is 536 g/mol. The standard InChI is InChI=1S/C23H20Cl2INO3/c1-3-29-19-8-6-18(7-9-19)27-13-15-10-21(26)23(22(11-15)28-2)30-14-16-4-5-17(24)12-20(16)25/h4-13H,3,14H2,1-2H3. The van der Waals surface area contributed by atoms with Crippen molar-refractivity contribution in [2.24, 2.45) is 4.99 Å². The summed E-state index contributed by atoms with van der Waals surface area (Å²) in [5.74, 6) is 2.11. The Labute approximate surface area is 199 Å². The Morgan fingerprint density at radius 3 is 2.43 bits per heavy atom. The van der Waals surface area contributed by atoms with Gasteiger partial charge in [-0.05, 0) is 83.6 Å². The van der Waals surface area contributed by atoms with Gasteiger partial charge in [0.05, 0.1) is 23.0 Å². The fourth-order valence-electron chi connectivity index (χ4n) is 2.69. The molecule has 0 saturated carbocycles. The van der Waals surface area contributed by atoms with Crippen LogP contribution in [0.25, 0.3) is 0 Å². The van der Waals surface area contributed by atoms with Crippen molar-refractivity contribution in [3.8, 4) is 17.2 Å². The lowest BCUT2D eigenvalue weighted by molar-refractivity contribution is 0.282. The zero-order valence-electron chi connectivity index (χ0n) is 16.5. The third kappa shape index (κ3) is 6.03. The van der Waals surface area contributed by atoms with Gasteiger partial charge in [0.1, 0.15) is 12.4 Å². The second-order valence-corrected chi connectivity index (χ2v) is 8.25. The second-order valence-electron chi connectivity index (χ2n) is 6.24. The van der Waals surface area contributed by atoms with Crippen LogP contribution in [0.4, 0.5) is 5.69 Å². The van der Waals surface area contributed by atoms with E-state index in [-0.39, 0.29) is 0 Å². The highest BCUT2D eigenvalue weighted by atomic mass is 127. The molecule has 4 nitrogen and oxygen atoms in total. The van der Waals surface area contributed by atoms with Crippen LogP contribution in [0, 0.1) is 3.57 Å². The van der Waals surface area contributed by atoms with Gasteiger partial charge in [0.2, 0.25) is 0 Å². The Morgan fingerprint density at radius 1 is 1.00 bits per heavy atom. The fraction of sp³-hybridized carbons (Fsp3) is 0.174. The van der Waals surface area contributed by atoms with Gasteiger partial charge in [-0.15, -0.1) is 0 Å². The van der Waals surface area contributed by atoms with E-state index in [1.165, 1.54) is 0 Å². The van der Waals surface area contributed by atoms with E-state index < -0.39 is 0 Å². The number of aliphatic imine (C=N–C) groups is 1. The van der Waals surface area contributed by atoms with Crippen LogP contribution < -0.4 is 14.2 Å². The van der Waals surface area contributed by atoms with Crippen LogP contribution >= 0.6 is 45.8 Å². The van der Waals surface area contributed by atoms with Crippen molar-refractivity contribution in [2.75, 3.05) is 13.7 Å². The van der Waals surface area contributed by atoms with Gasteiger partial charge in [-0.1, -0.05) is 29.3 Å². The van der Waals surface area contributed by atoms with E-state index in [1.54, 1.807) is 25.5 Å². The zero-order chi connectivity index (χ0) is 21.5. The molecule has 3 rings (SSSR count). The van der Waals surface area contributed by atoms with Gasteiger partial charge in [0, 0.05) is 21.8 Å². The number of benzene rings is 3. The van der Waals surface area contributed by atoms with E-state index in [1.807, 2.05) is 49.4 Å². The highest BCUT2D eigenvalue weighted by Crippen LogP contribution is 2.35. The molecule has 3 aromatic rings. The number of hydrogen-bond acceptors (Lipinski definition) is 4. The summed E-state index contributed by atoms with van der Waals surface area (Å²) >= 11 is 14.4. The van der Waals surface area contributed by atoms with Crippen LogP contribution in [0.1, 0.15) is 18.1 Å². The van der Waals surface area contributed by atoms with Crippen LogP contribution in [0.3, 0.4) is 0 Å². The molecule has 0 aromatic heterocycles.